The number of piperazine rings is 1. The summed E-state index contributed by atoms with van der Waals surface area (Å²) in [5.74, 6) is 0.0199. The summed E-state index contributed by atoms with van der Waals surface area (Å²) in [7, 11) is 2.07. The van der Waals surface area contributed by atoms with E-state index < -0.39 is 0 Å². The molecule has 1 fully saturated rings. The van der Waals surface area contributed by atoms with Gasteiger partial charge < -0.3 is 15.1 Å². The van der Waals surface area contributed by atoms with Crippen molar-refractivity contribution in [1.29, 1.82) is 0 Å². The molecule has 1 N–H and O–H groups in total. The molecule has 4 rings (SSSR count). The Morgan fingerprint density at radius 2 is 1.90 bits per heavy atom. The third-order valence-corrected chi connectivity index (χ3v) is 5.31. The predicted molar refractivity (Wildman–Crippen MR) is 115 cm³/mol. The van der Waals surface area contributed by atoms with Gasteiger partial charge in [0, 0.05) is 55.0 Å². The highest BCUT2D eigenvalue weighted by Crippen LogP contribution is 2.32. The number of para-hydroxylation sites is 2. The topological polar surface area (TPSA) is 97.2 Å². The van der Waals surface area contributed by atoms with Gasteiger partial charge in [-0.1, -0.05) is 35.4 Å². The second-order valence-electron chi connectivity index (χ2n) is 7.18. The molecule has 1 aromatic heterocycles. The number of rotatable bonds is 5. The quantitative estimate of drug-likeness (QED) is 0.237. The lowest BCUT2D eigenvalue weighted by Crippen LogP contribution is -2.47. The first-order valence-corrected chi connectivity index (χ1v) is 9.73. The number of carbonyl (C=O) groups is 1. The van der Waals surface area contributed by atoms with E-state index in [0.29, 0.717) is 24.2 Å². The van der Waals surface area contributed by atoms with Gasteiger partial charge in [-0.3, -0.25) is 4.79 Å². The molecule has 148 valence electrons. The molecule has 0 atom stereocenters. The Labute approximate surface area is 168 Å². The normalized spacial score (nSPS) is 14.7. The minimum atomic E-state index is 0.0199. The zero-order valence-electron chi connectivity index (χ0n) is 16.4. The van der Waals surface area contributed by atoms with E-state index in [1.54, 1.807) is 0 Å². The van der Waals surface area contributed by atoms with E-state index in [4.69, 9.17) is 10.5 Å². The van der Waals surface area contributed by atoms with Crippen LogP contribution in [0.15, 0.2) is 47.6 Å². The van der Waals surface area contributed by atoms with E-state index in [1.165, 1.54) is 0 Å². The van der Waals surface area contributed by atoms with Crippen LogP contribution in [-0.2, 0) is 0 Å². The molecule has 0 aliphatic carbocycles. The molecule has 0 radical (unpaired) electrons. The molecule has 8 nitrogen and oxygen atoms in total. The van der Waals surface area contributed by atoms with Gasteiger partial charge in [-0.2, -0.15) is 0 Å². The average molecular weight is 389 g/mol. The number of hydrogen-bond donors (Lipinski definition) is 1. The number of amides is 1. The molecule has 2 heterocycles. The molecule has 1 amide bonds. The molecule has 29 heavy (non-hydrogen) atoms. The fourth-order valence-corrected chi connectivity index (χ4v) is 3.73. The molecule has 0 bridgehead atoms. The summed E-state index contributed by atoms with van der Waals surface area (Å²) in [5.41, 5.74) is 11.6. The Hall–Kier alpha value is -3.35. The number of aromatic nitrogens is 1. The SMILES string of the molecule is CN1CCN(C(=O)c2cccc3c(NCCN=[N+]=[N-])c4ccccc4nc23)CC1. The molecule has 1 saturated heterocycles. The number of azide groups is 1. The summed E-state index contributed by atoms with van der Waals surface area (Å²) in [6.45, 7) is 4.03. The van der Waals surface area contributed by atoms with Crippen LogP contribution in [0.3, 0.4) is 0 Å². The molecule has 0 unspecified atom stereocenters. The number of fused-ring (bicyclic) bond motifs is 2. The van der Waals surface area contributed by atoms with Crippen LogP contribution in [0.1, 0.15) is 10.4 Å². The fraction of sp³-hybridized carbons (Fsp3) is 0.333. The van der Waals surface area contributed by atoms with Gasteiger partial charge >= 0.3 is 0 Å². The summed E-state index contributed by atoms with van der Waals surface area (Å²) in [6.07, 6.45) is 0. The molecule has 3 aromatic rings. The highest BCUT2D eigenvalue weighted by Gasteiger charge is 2.23. The van der Waals surface area contributed by atoms with Crippen LogP contribution in [-0.4, -0.2) is 67.0 Å². The van der Waals surface area contributed by atoms with Crippen LogP contribution < -0.4 is 5.32 Å². The Morgan fingerprint density at radius 1 is 1.14 bits per heavy atom. The average Bonchev–Trinajstić information content (AvgIpc) is 2.75. The predicted octanol–water partition coefficient (Wildman–Crippen LogP) is 3.50. The van der Waals surface area contributed by atoms with Crippen molar-refractivity contribution in [2.45, 2.75) is 0 Å². The number of anilines is 1. The molecule has 1 aliphatic heterocycles. The van der Waals surface area contributed by atoms with E-state index >= 15 is 0 Å². The maximum atomic E-state index is 13.3. The zero-order valence-corrected chi connectivity index (χ0v) is 16.4. The minimum Gasteiger partial charge on any atom is -0.384 e. The summed E-state index contributed by atoms with van der Waals surface area (Å²) < 4.78 is 0. The van der Waals surface area contributed by atoms with E-state index in [1.807, 2.05) is 47.4 Å². The van der Waals surface area contributed by atoms with Gasteiger partial charge in [-0.05, 0) is 24.7 Å². The van der Waals surface area contributed by atoms with Crippen molar-refractivity contribution in [2.75, 3.05) is 51.6 Å². The number of likely N-dealkylation sites (N-methyl/N-ethyl adjacent to an activating group) is 1. The van der Waals surface area contributed by atoms with Crippen LogP contribution in [0.2, 0.25) is 0 Å². The van der Waals surface area contributed by atoms with Gasteiger partial charge in [0.15, 0.2) is 0 Å². The van der Waals surface area contributed by atoms with E-state index in [-0.39, 0.29) is 5.91 Å². The third kappa shape index (κ3) is 3.81. The first kappa shape index (κ1) is 19.0. The van der Waals surface area contributed by atoms with E-state index in [0.717, 1.165) is 48.2 Å². The second-order valence-corrected chi connectivity index (χ2v) is 7.18. The number of benzene rings is 2. The highest BCUT2D eigenvalue weighted by molar-refractivity contribution is 6.14. The van der Waals surface area contributed by atoms with Crippen molar-refractivity contribution in [2.24, 2.45) is 5.11 Å². The van der Waals surface area contributed by atoms with Gasteiger partial charge in [0.25, 0.3) is 5.91 Å². The number of hydrogen-bond acceptors (Lipinski definition) is 5. The molecule has 0 spiro atoms. The maximum Gasteiger partial charge on any atom is 0.256 e. The summed E-state index contributed by atoms with van der Waals surface area (Å²) >= 11 is 0. The zero-order chi connectivity index (χ0) is 20.2. The van der Waals surface area contributed by atoms with Crippen LogP contribution >= 0.6 is 0 Å². The Bertz CT molecular complexity index is 1100. The van der Waals surface area contributed by atoms with E-state index in [2.05, 4.69) is 27.3 Å². The Morgan fingerprint density at radius 3 is 2.69 bits per heavy atom. The van der Waals surface area contributed by atoms with Gasteiger partial charge in [-0.25, -0.2) is 4.98 Å². The number of carbonyl (C=O) groups excluding carboxylic acids is 1. The van der Waals surface area contributed by atoms with Crippen LogP contribution in [0, 0.1) is 0 Å². The third-order valence-electron chi connectivity index (χ3n) is 5.31. The molecule has 8 heteroatoms. The smallest absolute Gasteiger partial charge is 0.256 e. The van der Waals surface area contributed by atoms with Crippen LogP contribution in [0.5, 0.6) is 0 Å². The standard InChI is InChI=1S/C21H23N7O/c1-27-11-13-28(14-12-27)21(29)17-7-4-6-16-19(23-9-10-24-26-22)15-5-2-3-8-18(15)25-20(16)17/h2-8H,9-14H2,1H3,(H,23,25). The van der Waals surface area contributed by atoms with Crippen molar-refractivity contribution in [3.05, 3.63) is 58.5 Å². The number of pyridine rings is 1. The van der Waals surface area contributed by atoms with Crippen molar-refractivity contribution in [3.8, 4) is 0 Å². The second kappa shape index (κ2) is 8.34. The molecule has 2 aromatic carbocycles. The first-order chi connectivity index (χ1) is 14.2. The number of nitrogens with zero attached hydrogens (tertiary/aromatic N) is 6. The monoisotopic (exact) mass is 389 g/mol. The molecule has 0 saturated carbocycles. The lowest BCUT2D eigenvalue weighted by Gasteiger charge is -2.32. The van der Waals surface area contributed by atoms with Crippen molar-refractivity contribution in [3.63, 3.8) is 0 Å². The van der Waals surface area contributed by atoms with Gasteiger partial charge in [-0.15, -0.1) is 0 Å². The van der Waals surface area contributed by atoms with E-state index in [9.17, 15) is 4.79 Å². The summed E-state index contributed by atoms with van der Waals surface area (Å²) in [6, 6.07) is 13.6. The molecule has 1 aliphatic rings. The first-order valence-electron chi connectivity index (χ1n) is 9.73. The Balaban J connectivity index is 1.80. The van der Waals surface area contributed by atoms with Crippen molar-refractivity contribution >= 4 is 33.4 Å². The Kier molecular flexibility index (Phi) is 5.46. The molecular weight excluding hydrogens is 366 g/mol. The van der Waals surface area contributed by atoms with Gasteiger partial charge in [0.2, 0.25) is 0 Å². The summed E-state index contributed by atoms with van der Waals surface area (Å²) in [5, 5.41) is 8.85. The fourth-order valence-electron chi connectivity index (χ4n) is 3.73. The van der Waals surface area contributed by atoms with Gasteiger partial charge in [0.1, 0.15) is 0 Å². The number of nitrogens with one attached hydrogen (secondary N) is 1. The minimum absolute atomic E-state index is 0.0199. The maximum absolute atomic E-state index is 13.3. The molecular formula is C21H23N7O. The van der Waals surface area contributed by atoms with Crippen LogP contribution in [0.4, 0.5) is 5.69 Å². The lowest BCUT2D eigenvalue weighted by atomic mass is 10.0. The van der Waals surface area contributed by atoms with Crippen LogP contribution in [0.25, 0.3) is 32.2 Å². The largest absolute Gasteiger partial charge is 0.384 e. The van der Waals surface area contributed by atoms with Crippen molar-refractivity contribution in [1.82, 2.24) is 14.8 Å². The summed E-state index contributed by atoms with van der Waals surface area (Å²) in [4.78, 5) is 25.0. The van der Waals surface area contributed by atoms with Gasteiger partial charge in [0.05, 0.1) is 22.3 Å². The lowest BCUT2D eigenvalue weighted by molar-refractivity contribution is 0.0666. The van der Waals surface area contributed by atoms with Crippen molar-refractivity contribution < 1.29 is 4.79 Å². The highest BCUT2D eigenvalue weighted by atomic mass is 16.2.